The van der Waals surface area contributed by atoms with Gasteiger partial charge in [0.2, 0.25) is 5.91 Å². The number of aromatic nitrogens is 2. The maximum Gasteiger partial charge on any atom is 0.246 e. The van der Waals surface area contributed by atoms with Crippen LogP contribution in [-0.4, -0.2) is 34.3 Å². The van der Waals surface area contributed by atoms with E-state index < -0.39 is 0 Å². The molecular weight excluding hydrogens is 282 g/mol. The number of carbonyl (C=O) groups excluding carboxylic acids is 1. The van der Waals surface area contributed by atoms with Crippen molar-refractivity contribution in [1.82, 2.24) is 14.9 Å². The number of aryl methyl sites for hydroxylation is 1. The van der Waals surface area contributed by atoms with Gasteiger partial charge in [0.05, 0.1) is 0 Å². The summed E-state index contributed by atoms with van der Waals surface area (Å²) in [5.74, 6) is 3.21. The molecule has 0 aliphatic carbocycles. The number of imidazole rings is 1. The molecule has 22 heavy (non-hydrogen) atoms. The number of terminal acetylenes is 1. The predicted molar refractivity (Wildman–Crippen MR) is 80.9 cm³/mol. The molecule has 2 rings (SSSR count). The summed E-state index contributed by atoms with van der Waals surface area (Å²) in [5, 5.41) is 10.9. The molecule has 1 aromatic rings. The molecule has 1 amide bonds. The molecule has 0 fully saturated rings. The Morgan fingerprint density at radius 1 is 1.55 bits per heavy atom. The number of nitrogens with zero attached hydrogens (tertiary/aromatic N) is 4. The third-order valence-corrected chi connectivity index (χ3v) is 3.59. The van der Waals surface area contributed by atoms with Gasteiger partial charge in [-0.05, 0) is 6.92 Å². The molecule has 0 bridgehead atoms. The van der Waals surface area contributed by atoms with Crippen molar-refractivity contribution in [1.29, 1.82) is 0 Å². The van der Waals surface area contributed by atoms with Crippen LogP contribution in [0.3, 0.4) is 0 Å². The van der Waals surface area contributed by atoms with E-state index in [0.717, 1.165) is 12.2 Å². The highest BCUT2D eigenvalue weighted by molar-refractivity contribution is 5.77. The van der Waals surface area contributed by atoms with Crippen molar-refractivity contribution in [2.24, 2.45) is 17.3 Å². The molecule has 118 valence electrons. The third-order valence-electron chi connectivity index (χ3n) is 3.59. The van der Waals surface area contributed by atoms with E-state index in [9.17, 15) is 4.79 Å². The number of amides is 1. The van der Waals surface area contributed by atoms with Crippen LogP contribution in [0.1, 0.15) is 38.1 Å². The zero-order chi connectivity index (χ0) is 16.0. The monoisotopic (exact) mass is 303 g/mol. The first-order valence-corrected chi connectivity index (χ1v) is 7.29. The summed E-state index contributed by atoms with van der Waals surface area (Å²) in [4.78, 5) is 16.0. The third kappa shape index (κ3) is 4.40. The fourth-order valence-corrected chi connectivity index (χ4v) is 2.17. The molecule has 1 aromatic heterocycles. The standard InChI is InChI=1S/C15H21N5O2/c1-4-5-6-15(18-19-15)7-8-16-13(21)11-22-12(2)14-17-9-10-20(14)3/h1,9-10,12H,5-8,11H2,2-3H3,(H,16,21). The minimum atomic E-state index is -0.360. The van der Waals surface area contributed by atoms with Gasteiger partial charge in [-0.2, -0.15) is 10.2 Å². The van der Waals surface area contributed by atoms with Crippen LogP contribution in [-0.2, 0) is 16.6 Å². The van der Waals surface area contributed by atoms with Crippen LogP contribution in [0.5, 0.6) is 0 Å². The van der Waals surface area contributed by atoms with E-state index in [-0.39, 0.29) is 24.3 Å². The maximum atomic E-state index is 11.8. The van der Waals surface area contributed by atoms with Gasteiger partial charge in [0.25, 0.3) is 0 Å². The molecule has 7 nitrogen and oxygen atoms in total. The lowest BCUT2D eigenvalue weighted by molar-refractivity contribution is -0.127. The van der Waals surface area contributed by atoms with Crippen LogP contribution in [0.15, 0.2) is 22.6 Å². The van der Waals surface area contributed by atoms with E-state index in [4.69, 9.17) is 11.2 Å². The lowest BCUT2D eigenvalue weighted by Gasteiger charge is -2.13. The highest BCUT2D eigenvalue weighted by Gasteiger charge is 2.38. The van der Waals surface area contributed by atoms with Crippen LogP contribution < -0.4 is 5.32 Å². The average Bonchev–Trinajstić information content (AvgIpc) is 3.14. The number of rotatable bonds is 9. The van der Waals surface area contributed by atoms with Crippen molar-refractivity contribution < 1.29 is 9.53 Å². The Bertz CT molecular complexity index is 581. The Balaban J connectivity index is 1.62. The molecule has 1 atom stereocenters. The van der Waals surface area contributed by atoms with Gasteiger partial charge >= 0.3 is 0 Å². The molecule has 1 unspecified atom stereocenters. The lowest BCUT2D eigenvalue weighted by atomic mass is 10.0. The maximum absolute atomic E-state index is 11.8. The Hall–Kier alpha value is -2.20. The molecule has 1 N–H and O–H groups in total. The second kappa shape index (κ2) is 7.18. The van der Waals surface area contributed by atoms with E-state index in [2.05, 4.69) is 26.4 Å². The smallest absolute Gasteiger partial charge is 0.246 e. The van der Waals surface area contributed by atoms with E-state index in [1.54, 1.807) is 6.20 Å². The molecule has 1 aliphatic rings. The van der Waals surface area contributed by atoms with Crippen LogP contribution in [0.2, 0.25) is 0 Å². The second-order valence-electron chi connectivity index (χ2n) is 5.34. The van der Waals surface area contributed by atoms with Crippen LogP contribution >= 0.6 is 0 Å². The first-order chi connectivity index (χ1) is 10.6. The Kier molecular flexibility index (Phi) is 5.28. The molecule has 0 radical (unpaired) electrons. The van der Waals surface area contributed by atoms with Crippen molar-refractivity contribution in [2.75, 3.05) is 13.2 Å². The number of carbonyl (C=O) groups is 1. The van der Waals surface area contributed by atoms with Crippen molar-refractivity contribution in [2.45, 2.75) is 38.0 Å². The SMILES string of the molecule is C#CCCC1(CCNC(=O)COC(C)c2nccn2C)N=N1. The van der Waals surface area contributed by atoms with Crippen LogP contribution in [0, 0.1) is 12.3 Å². The molecule has 7 heteroatoms. The zero-order valence-corrected chi connectivity index (χ0v) is 13.0. The number of nitrogens with one attached hydrogen (secondary N) is 1. The topological polar surface area (TPSA) is 80.9 Å². The second-order valence-corrected chi connectivity index (χ2v) is 5.34. The summed E-state index contributed by atoms with van der Waals surface area (Å²) in [5.41, 5.74) is -0.360. The Labute approximate surface area is 130 Å². The minimum Gasteiger partial charge on any atom is -0.361 e. The van der Waals surface area contributed by atoms with E-state index >= 15 is 0 Å². The van der Waals surface area contributed by atoms with Crippen molar-refractivity contribution in [3.8, 4) is 12.3 Å². The van der Waals surface area contributed by atoms with Gasteiger partial charge in [0.1, 0.15) is 18.5 Å². The van der Waals surface area contributed by atoms with Crippen LogP contribution in [0.4, 0.5) is 0 Å². The van der Waals surface area contributed by atoms with Gasteiger partial charge < -0.3 is 14.6 Å². The molecule has 0 saturated heterocycles. The Morgan fingerprint density at radius 2 is 2.32 bits per heavy atom. The summed E-state index contributed by atoms with van der Waals surface area (Å²) < 4.78 is 7.39. The highest BCUT2D eigenvalue weighted by atomic mass is 16.5. The summed E-state index contributed by atoms with van der Waals surface area (Å²) in [6.07, 6.45) is 10.6. The molecule has 0 spiro atoms. The van der Waals surface area contributed by atoms with Gasteiger partial charge in [-0.25, -0.2) is 4.98 Å². The quantitative estimate of drug-likeness (QED) is 0.703. The average molecular weight is 303 g/mol. The summed E-state index contributed by atoms with van der Waals surface area (Å²) in [6, 6.07) is 0. The number of ether oxygens (including phenoxy) is 1. The van der Waals surface area contributed by atoms with Gasteiger partial charge in [0, 0.05) is 45.2 Å². The summed E-state index contributed by atoms with van der Waals surface area (Å²) >= 11 is 0. The molecule has 2 heterocycles. The zero-order valence-electron chi connectivity index (χ0n) is 13.0. The van der Waals surface area contributed by atoms with E-state index in [0.29, 0.717) is 19.4 Å². The normalized spacial score (nSPS) is 16.0. The number of hydrogen-bond donors (Lipinski definition) is 1. The fourth-order valence-electron chi connectivity index (χ4n) is 2.17. The highest BCUT2D eigenvalue weighted by Crippen LogP contribution is 2.35. The number of hydrogen-bond acceptors (Lipinski definition) is 5. The van der Waals surface area contributed by atoms with Gasteiger partial charge in [0.15, 0.2) is 5.66 Å². The largest absolute Gasteiger partial charge is 0.361 e. The predicted octanol–water partition coefficient (Wildman–Crippen LogP) is 1.58. The van der Waals surface area contributed by atoms with Gasteiger partial charge in [-0.15, -0.1) is 12.3 Å². The molecule has 0 aromatic carbocycles. The fraction of sp³-hybridized carbons (Fsp3) is 0.600. The van der Waals surface area contributed by atoms with Crippen LogP contribution in [0.25, 0.3) is 0 Å². The first-order valence-electron chi connectivity index (χ1n) is 7.29. The van der Waals surface area contributed by atoms with Gasteiger partial charge in [-0.1, -0.05) is 0 Å². The van der Waals surface area contributed by atoms with Crippen molar-refractivity contribution in [3.05, 3.63) is 18.2 Å². The first kappa shape index (κ1) is 16.2. The lowest BCUT2D eigenvalue weighted by Crippen LogP contribution is -2.31. The summed E-state index contributed by atoms with van der Waals surface area (Å²) in [6.45, 7) is 2.38. The van der Waals surface area contributed by atoms with Gasteiger partial charge in [-0.3, -0.25) is 4.79 Å². The molecule has 1 aliphatic heterocycles. The Morgan fingerprint density at radius 3 is 2.91 bits per heavy atom. The van der Waals surface area contributed by atoms with E-state index in [1.807, 2.05) is 24.7 Å². The summed E-state index contributed by atoms with van der Waals surface area (Å²) in [7, 11) is 1.89. The molecule has 0 saturated carbocycles. The van der Waals surface area contributed by atoms with Crippen molar-refractivity contribution >= 4 is 5.91 Å². The molecular formula is C15H21N5O2. The van der Waals surface area contributed by atoms with Crippen molar-refractivity contribution in [3.63, 3.8) is 0 Å². The van der Waals surface area contributed by atoms with E-state index in [1.165, 1.54) is 0 Å². The minimum absolute atomic E-state index is 0.000329.